The van der Waals surface area contributed by atoms with E-state index in [1.807, 2.05) is 10.3 Å². The normalized spacial score (nSPS) is 17.8. The number of piperidine rings is 1. The number of amides is 1. The molecule has 1 saturated heterocycles. The maximum absolute atomic E-state index is 12.8. The number of ether oxygens (including phenoxy) is 1. The first-order valence-electron chi connectivity index (χ1n) is 8.78. The Hall–Kier alpha value is -1.81. The standard InChI is InChI=1S/C18H23N3O4S2/c1-25-11-8-20-27(23,24)16-6-4-14(5-7-16)18(22)21-10-2-3-15(13-21)17-19-9-12-26-17/h4-7,9,12,15,20H,2-3,8,10-11,13H2,1H3. The number of methoxy groups -OCH3 is 1. The van der Waals surface area contributed by atoms with E-state index < -0.39 is 10.0 Å². The number of likely N-dealkylation sites (tertiary alicyclic amines) is 1. The second-order valence-corrected chi connectivity index (χ2v) is 9.07. The van der Waals surface area contributed by atoms with Crippen LogP contribution in [-0.2, 0) is 14.8 Å². The number of benzene rings is 1. The van der Waals surface area contributed by atoms with Crippen molar-refractivity contribution in [3.05, 3.63) is 46.4 Å². The first-order chi connectivity index (χ1) is 13.0. The second kappa shape index (κ2) is 8.92. The molecule has 2 heterocycles. The minimum absolute atomic E-state index is 0.0763. The van der Waals surface area contributed by atoms with Gasteiger partial charge in [0.25, 0.3) is 5.91 Å². The van der Waals surface area contributed by atoms with E-state index in [1.54, 1.807) is 29.7 Å². The molecule has 0 bridgehead atoms. The molecular formula is C18H23N3O4S2. The molecule has 1 N–H and O–H groups in total. The molecule has 0 saturated carbocycles. The zero-order valence-corrected chi connectivity index (χ0v) is 16.8. The lowest BCUT2D eigenvalue weighted by Crippen LogP contribution is -2.39. The fraction of sp³-hybridized carbons (Fsp3) is 0.444. The summed E-state index contributed by atoms with van der Waals surface area (Å²) in [4.78, 5) is 19.2. The monoisotopic (exact) mass is 409 g/mol. The minimum atomic E-state index is -3.60. The number of hydrogen-bond donors (Lipinski definition) is 1. The number of nitrogens with one attached hydrogen (secondary N) is 1. The van der Waals surface area contributed by atoms with E-state index in [-0.39, 0.29) is 23.3 Å². The van der Waals surface area contributed by atoms with Crippen molar-refractivity contribution < 1.29 is 17.9 Å². The van der Waals surface area contributed by atoms with Gasteiger partial charge in [0.2, 0.25) is 10.0 Å². The summed E-state index contributed by atoms with van der Waals surface area (Å²) in [6.07, 6.45) is 3.76. The van der Waals surface area contributed by atoms with E-state index in [1.165, 1.54) is 19.2 Å². The molecule has 146 valence electrons. The number of hydrogen-bond acceptors (Lipinski definition) is 6. The van der Waals surface area contributed by atoms with E-state index in [0.29, 0.717) is 25.3 Å². The van der Waals surface area contributed by atoms with Gasteiger partial charge in [0.05, 0.1) is 16.5 Å². The van der Waals surface area contributed by atoms with E-state index >= 15 is 0 Å². The Morgan fingerprint density at radius 3 is 2.81 bits per heavy atom. The zero-order valence-electron chi connectivity index (χ0n) is 15.1. The van der Waals surface area contributed by atoms with Gasteiger partial charge in [-0.25, -0.2) is 18.1 Å². The van der Waals surface area contributed by atoms with Crippen LogP contribution in [0.15, 0.2) is 40.7 Å². The summed E-state index contributed by atoms with van der Waals surface area (Å²) in [5.41, 5.74) is 0.491. The van der Waals surface area contributed by atoms with Gasteiger partial charge in [0.15, 0.2) is 0 Å². The third kappa shape index (κ3) is 4.92. The molecule has 1 aliphatic heterocycles. The Balaban J connectivity index is 1.66. The highest BCUT2D eigenvalue weighted by molar-refractivity contribution is 7.89. The Morgan fingerprint density at radius 1 is 1.37 bits per heavy atom. The fourth-order valence-corrected chi connectivity index (χ4v) is 4.90. The van der Waals surface area contributed by atoms with Crippen molar-refractivity contribution in [2.75, 3.05) is 33.4 Å². The predicted octanol–water partition coefficient (Wildman–Crippen LogP) is 2.09. The zero-order chi connectivity index (χ0) is 19.3. The molecule has 27 heavy (non-hydrogen) atoms. The second-order valence-electron chi connectivity index (χ2n) is 6.38. The number of thiazole rings is 1. The topological polar surface area (TPSA) is 88.6 Å². The van der Waals surface area contributed by atoms with Crippen molar-refractivity contribution >= 4 is 27.3 Å². The number of carbonyl (C=O) groups is 1. The van der Waals surface area contributed by atoms with Gasteiger partial charge in [0.1, 0.15) is 0 Å². The predicted molar refractivity (Wildman–Crippen MR) is 103 cm³/mol. The summed E-state index contributed by atoms with van der Waals surface area (Å²) < 4.78 is 31.7. The van der Waals surface area contributed by atoms with Crippen LogP contribution in [0.2, 0.25) is 0 Å². The molecule has 9 heteroatoms. The van der Waals surface area contributed by atoms with Crippen molar-refractivity contribution in [1.82, 2.24) is 14.6 Å². The molecule has 3 rings (SSSR count). The Kier molecular flexibility index (Phi) is 6.59. The summed E-state index contributed by atoms with van der Waals surface area (Å²) in [5.74, 6) is 0.194. The van der Waals surface area contributed by atoms with Gasteiger partial charge in [0, 0.05) is 49.8 Å². The van der Waals surface area contributed by atoms with Crippen LogP contribution in [-0.4, -0.2) is 57.6 Å². The average Bonchev–Trinajstić information content (AvgIpc) is 3.23. The highest BCUT2D eigenvalue weighted by Crippen LogP contribution is 2.29. The SMILES string of the molecule is COCCNS(=O)(=O)c1ccc(C(=O)N2CCCC(c3nccs3)C2)cc1. The fourth-order valence-electron chi connectivity index (χ4n) is 3.12. The summed E-state index contributed by atoms with van der Waals surface area (Å²) in [6, 6.07) is 6.07. The Bertz CT molecular complexity index is 851. The smallest absolute Gasteiger partial charge is 0.253 e. The lowest BCUT2D eigenvalue weighted by Gasteiger charge is -2.32. The van der Waals surface area contributed by atoms with E-state index in [2.05, 4.69) is 9.71 Å². The number of sulfonamides is 1. The third-order valence-corrected chi connectivity index (χ3v) is 6.93. The molecule has 1 amide bonds. The highest BCUT2D eigenvalue weighted by Gasteiger charge is 2.27. The molecule has 1 aliphatic rings. The first-order valence-corrected chi connectivity index (χ1v) is 11.1. The van der Waals surface area contributed by atoms with Crippen LogP contribution < -0.4 is 4.72 Å². The molecular weight excluding hydrogens is 386 g/mol. The van der Waals surface area contributed by atoms with Gasteiger partial charge < -0.3 is 9.64 Å². The lowest BCUT2D eigenvalue weighted by molar-refractivity contribution is 0.0707. The number of aromatic nitrogens is 1. The Morgan fingerprint density at radius 2 is 2.15 bits per heavy atom. The third-order valence-electron chi connectivity index (χ3n) is 4.52. The molecule has 0 aliphatic carbocycles. The quantitative estimate of drug-likeness (QED) is 0.708. The highest BCUT2D eigenvalue weighted by atomic mass is 32.2. The number of rotatable bonds is 7. The van der Waals surface area contributed by atoms with Gasteiger partial charge in [-0.1, -0.05) is 0 Å². The molecule has 1 unspecified atom stereocenters. The van der Waals surface area contributed by atoms with Crippen molar-refractivity contribution in [3.63, 3.8) is 0 Å². The maximum atomic E-state index is 12.8. The van der Waals surface area contributed by atoms with Crippen LogP contribution in [0.3, 0.4) is 0 Å². The maximum Gasteiger partial charge on any atom is 0.253 e. The largest absolute Gasteiger partial charge is 0.383 e. The van der Waals surface area contributed by atoms with Crippen molar-refractivity contribution in [3.8, 4) is 0 Å². The molecule has 0 spiro atoms. The molecule has 1 aromatic carbocycles. The van der Waals surface area contributed by atoms with Gasteiger partial charge in [-0.05, 0) is 37.1 Å². The van der Waals surface area contributed by atoms with Crippen molar-refractivity contribution in [1.29, 1.82) is 0 Å². The summed E-state index contributed by atoms with van der Waals surface area (Å²) >= 11 is 1.62. The summed E-state index contributed by atoms with van der Waals surface area (Å²) in [5, 5.41) is 3.02. The van der Waals surface area contributed by atoms with Crippen LogP contribution in [0.1, 0.15) is 34.1 Å². The van der Waals surface area contributed by atoms with E-state index in [0.717, 1.165) is 17.8 Å². The van der Waals surface area contributed by atoms with Crippen molar-refractivity contribution in [2.45, 2.75) is 23.7 Å². The molecule has 1 fully saturated rings. The summed E-state index contributed by atoms with van der Waals surface area (Å²) in [6.45, 7) is 1.85. The van der Waals surface area contributed by atoms with Gasteiger partial charge in [-0.15, -0.1) is 11.3 Å². The summed E-state index contributed by atoms with van der Waals surface area (Å²) in [7, 11) is -2.09. The molecule has 7 nitrogen and oxygen atoms in total. The number of nitrogens with zero attached hydrogens (tertiary/aromatic N) is 2. The van der Waals surface area contributed by atoms with Crippen molar-refractivity contribution in [2.24, 2.45) is 0 Å². The molecule has 0 radical (unpaired) electrons. The Labute approximate surface area is 163 Å². The van der Waals surface area contributed by atoms with Crippen LogP contribution in [0.4, 0.5) is 0 Å². The lowest BCUT2D eigenvalue weighted by atomic mass is 9.98. The minimum Gasteiger partial charge on any atom is -0.383 e. The van der Waals surface area contributed by atoms with Crippen LogP contribution in [0.25, 0.3) is 0 Å². The van der Waals surface area contributed by atoms with Crippen LogP contribution in [0, 0.1) is 0 Å². The molecule has 1 aromatic heterocycles. The first kappa shape index (κ1) is 19.9. The van der Waals surface area contributed by atoms with Crippen LogP contribution in [0.5, 0.6) is 0 Å². The molecule has 2 aromatic rings. The molecule has 1 atom stereocenters. The van der Waals surface area contributed by atoms with Crippen LogP contribution >= 0.6 is 11.3 Å². The van der Waals surface area contributed by atoms with E-state index in [9.17, 15) is 13.2 Å². The average molecular weight is 410 g/mol. The van der Waals surface area contributed by atoms with Gasteiger partial charge in [-0.2, -0.15) is 0 Å². The van der Waals surface area contributed by atoms with E-state index in [4.69, 9.17) is 4.74 Å². The number of carbonyl (C=O) groups excluding carboxylic acids is 1. The van der Waals surface area contributed by atoms with Gasteiger partial charge in [-0.3, -0.25) is 4.79 Å². The van der Waals surface area contributed by atoms with Gasteiger partial charge >= 0.3 is 0 Å².